The van der Waals surface area contributed by atoms with Crippen molar-refractivity contribution in [3.8, 4) is 11.6 Å². The Morgan fingerprint density at radius 3 is 2.74 bits per heavy atom. The van der Waals surface area contributed by atoms with Gasteiger partial charge in [-0.15, -0.1) is 0 Å². The van der Waals surface area contributed by atoms with Crippen LogP contribution < -0.4 is 10.1 Å². The van der Waals surface area contributed by atoms with Crippen molar-refractivity contribution in [1.82, 2.24) is 10.3 Å². The lowest BCUT2D eigenvalue weighted by molar-refractivity contribution is -0.137. The third-order valence-corrected chi connectivity index (χ3v) is 4.27. The van der Waals surface area contributed by atoms with Crippen LogP contribution in [0.1, 0.15) is 24.0 Å². The summed E-state index contributed by atoms with van der Waals surface area (Å²) < 4.78 is 49.3. The smallest absolute Gasteiger partial charge is 0.416 e. The van der Waals surface area contributed by atoms with Crippen LogP contribution in [0.2, 0.25) is 0 Å². The molecule has 27 heavy (non-hydrogen) atoms. The minimum absolute atomic E-state index is 0.0283. The monoisotopic (exact) mass is 380 g/mol. The molecular formula is C19H19F3N2O3. The number of benzene rings is 1. The molecule has 1 aliphatic heterocycles. The molecule has 1 N–H and O–H groups in total. The standard InChI is InChI=1S/C19H19F3N2O3/c20-19(21,22)15-4-1-5-16(11-15)27-18-14(3-2-8-23-18)12-24-17(25)13-6-9-26-10-7-13/h1-5,8,11,13H,6-7,9-10,12H2,(H,24,25). The molecule has 1 fully saturated rings. The second-order valence-electron chi connectivity index (χ2n) is 6.20. The fourth-order valence-corrected chi connectivity index (χ4v) is 2.78. The van der Waals surface area contributed by atoms with Crippen LogP contribution in [0.4, 0.5) is 13.2 Å². The normalized spacial score (nSPS) is 15.4. The fourth-order valence-electron chi connectivity index (χ4n) is 2.78. The number of alkyl halides is 3. The Hall–Kier alpha value is -2.61. The summed E-state index contributed by atoms with van der Waals surface area (Å²) in [6.45, 7) is 1.31. The first-order chi connectivity index (χ1) is 12.9. The molecule has 0 bridgehead atoms. The van der Waals surface area contributed by atoms with Gasteiger partial charge in [0.15, 0.2) is 0 Å². The Labute approximate surface area is 154 Å². The maximum absolute atomic E-state index is 12.8. The molecular weight excluding hydrogens is 361 g/mol. The molecule has 0 atom stereocenters. The molecule has 1 aromatic carbocycles. The van der Waals surface area contributed by atoms with Crippen LogP contribution >= 0.6 is 0 Å². The second-order valence-corrected chi connectivity index (χ2v) is 6.20. The maximum Gasteiger partial charge on any atom is 0.416 e. The summed E-state index contributed by atoms with van der Waals surface area (Å²) in [6, 6.07) is 7.97. The summed E-state index contributed by atoms with van der Waals surface area (Å²) in [4.78, 5) is 16.3. The lowest BCUT2D eigenvalue weighted by Gasteiger charge is -2.21. The van der Waals surface area contributed by atoms with Crippen LogP contribution in [0.15, 0.2) is 42.6 Å². The zero-order valence-corrected chi connectivity index (χ0v) is 14.5. The van der Waals surface area contributed by atoms with Gasteiger partial charge in [-0.1, -0.05) is 12.1 Å². The lowest BCUT2D eigenvalue weighted by Crippen LogP contribution is -2.33. The lowest BCUT2D eigenvalue weighted by atomic mass is 9.99. The van der Waals surface area contributed by atoms with Crippen molar-refractivity contribution < 1.29 is 27.4 Å². The molecule has 2 heterocycles. The second kappa shape index (κ2) is 8.39. The minimum Gasteiger partial charge on any atom is -0.439 e. The van der Waals surface area contributed by atoms with Crippen molar-refractivity contribution in [2.24, 2.45) is 5.92 Å². The van der Waals surface area contributed by atoms with E-state index in [2.05, 4.69) is 10.3 Å². The molecule has 0 unspecified atom stereocenters. The quantitative estimate of drug-likeness (QED) is 0.854. The number of carbonyl (C=O) groups excluding carboxylic acids is 1. The van der Waals surface area contributed by atoms with E-state index in [1.807, 2.05) is 0 Å². The fraction of sp³-hybridized carbons (Fsp3) is 0.368. The molecule has 1 aliphatic rings. The summed E-state index contributed by atoms with van der Waals surface area (Å²) >= 11 is 0. The van der Waals surface area contributed by atoms with Crippen molar-refractivity contribution in [2.45, 2.75) is 25.6 Å². The highest BCUT2D eigenvalue weighted by Gasteiger charge is 2.30. The topological polar surface area (TPSA) is 60.5 Å². The largest absolute Gasteiger partial charge is 0.439 e. The number of nitrogens with zero attached hydrogens (tertiary/aromatic N) is 1. The highest BCUT2D eigenvalue weighted by molar-refractivity contribution is 5.78. The highest BCUT2D eigenvalue weighted by atomic mass is 19.4. The average molecular weight is 380 g/mol. The predicted octanol–water partition coefficient (Wildman–Crippen LogP) is 3.94. The molecule has 1 aromatic heterocycles. The third kappa shape index (κ3) is 5.19. The molecule has 1 amide bonds. The predicted molar refractivity (Wildman–Crippen MR) is 91.1 cm³/mol. The molecule has 0 aliphatic carbocycles. The number of amides is 1. The summed E-state index contributed by atoms with van der Waals surface area (Å²) in [5, 5.41) is 2.84. The number of pyridine rings is 1. The Bertz CT molecular complexity index is 790. The number of ether oxygens (including phenoxy) is 2. The van der Waals surface area contributed by atoms with E-state index in [-0.39, 0.29) is 30.0 Å². The number of halogens is 3. The molecule has 1 saturated heterocycles. The number of rotatable bonds is 5. The van der Waals surface area contributed by atoms with E-state index in [4.69, 9.17) is 9.47 Å². The van der Waals surface area contributed by atoms with E-state index in [1.54, 1.807) is 12.1 Å². The van der Waals surface area contributed by atoms with Crippen LogP contribution in [-0.4, -0.2) is 24.1 Å². The van der Waals surface area contributed by atoms with E-state index in [0.29, 0.717) is 31.6 Å². The first-order valence-corrected chi connectivity index (χ1v) is 8.58. The van der Waals surface area contributed by atoms with Gasteiger partial charge in [0.1, 0.15) is 5.75 Å². The van der Waals surface area contributed by atoms with Crippen LogP contribution in [-0.2, 0) is 22.3 Å². The number of hydrogen-bond acceptors (Lipinski definition) is 4. The minimum atomic E-state index is -4.45. The third-order valence-electron chi connectivity index (χ3n) is 4.27. The van der Waals surface area contributed by atoms with E-state index >= 15 is 0 Å². The maximum atomic E-state index is 12.8. The van der Waals surface area contributed by atoms with Crippen molar-refractivity contribution in [1.29, 1.82) is 0 Å². The average Bonchev–Trinajstić information content (AvgIpc) is 2.67. The van der Waals surface area contributed by atoms with Crippen molar-refractivity contribution in [2.75, 3.05) is 13.2 Å². The van der Waals surface area contributed by atoms with Gasteiger partial charge in [-0.2, -0.15) is 13.2 Å². The Kier molecular flexibility index (Phi) is 5.95. The summed E-state index contributed by atoms with van der Waals surface area (Å²) in [7, 11) is 0. The van der Waals surface area contributed by atoms with Gasteiger partial charge >= 0.3 is 6.18 Å². The van der Waals surface area contributed by atoms with E-state index in [0.717, 1.165) is 12.1 Å². The zero-order chi connectivity index (χ0) is 19.3. The molecule has 8 heteroatoms. The Morgan fingerprint density at radius 1 is 1.22 bits per heavy atom. The van der Waals surface area contributed by atoms with Gasteiger partial charge in [0, 0.05) is 37.4 Å². The number of carbonyl (C=O) groups is 1. The van der Waals surface area contributed by atoms with Crippen molar-refractivity contribution in [3.63, 3.8) is 0 Å². The molecule has 0 radical (unpaired) electrons. The van der Waals surface area contributed by atoms with Crippen LogP contribution in [0, 0.1) is 5.92 Å². The highest BCUT2D eigenvalue weighted by Crippen LogP contribution is 2.32. The van der Waals surface area contributed by atoms with Crippen LogP contribution in [0.3, 0.4) is 0 Å². The Balaban J connectivity index is 1.68. The van der Waals surface area contributed by atoms with Gasteiger partial charge in [0.2, 0.25) is 11.8 Å². The summed E-state index contributed by atoms with van der Waals surface area (Å²) in [5.41, 5.74) is -0.222. The van der Waals surface area contributed by atoms with Gasteiger partial charge in [-0.3, -0.25) is 4.79 Å². The van der Waals surface area contributed by atoms with E-state index in [9.17, 15) is 18.0 Å². The molecule has 0 saturated carbocycles. The first-order valence-electron chi connectivity index (χ1n) is 8.58. The van der Waals surface area contributed by atoms with Crippen LogP contribution in [0.5, 0.6) is 11.6 Å². The number of aromatic nitrogens is 1. The van der Waals surface area contributed by atoms with E-state index in [1.165, 1.54) is 18.3 Å². The molecule has 144 valence electrons. The summed E-state index contributed by atoms with van der Waals surface area (Å²) in [5.74, 6) is 0.0139. The van der Waals surface area contributed by atoms with Gasteiger partial charge < -0.3 is 14.8 Å². The first kappa shape index (κ1) is 19.2. The van der Waals surface area contributed by atoms with Gasteiger partial charge in [0.05, 0.1) is 5.56 Å². The Morgan fingerprint density at radius 2 is 2.00 bits per heavy atom. The van der Waals surface area contributed by atoms with Gasteiger partial charge in [0.25, 0.3) is 0 Å². The van der Waals surface area contributed by atoms with E-state index < -0.39 is 11.7 Å². The number of hydrogen-bond donors (Lipinski definition) is 1. The number of nitrogens with one attached hydrogen (secondary N) is 1. The zero-order valence-electron chi connectivity index (χ0n) is 14.5. The van der Waals surface area contributed by atoms with Crippen molar-refractivity contribution in [3.05, 3.63) is 53.7 Å². The van der Waals surface area contributed by atoms with Crippen LogP contribution in [0.25, 0.3) is 0 Å². The van der Waals surface area contributed by atoms with Gasteiger partial charge in [-0.05, 0) is 37.1 Å². The summed E-state index contributed by atoms with van der Waals surface area (Å²) in [6.07, 6.45) is -1.63. The molecule has 2 aromatic rings. The molecule has 0 spiro atoms. The molecule has 3 rings (SSSR count). The van der Waals surface area contributed by atoms with Gasteiger partial charge in [-0.25, -0.2) is 4.98 Å². The molecule has 5 nitrogen and oxygen atoms in total. The van der Waals surface area contributed by atoms with Crippen molar-refractivity contribution >= 4 is 5.91 Å². The SMILES string of the molecule is O=C(NCc1cccnc1Oc1cccc(C(F)(F)F)c1)C1CCOCC1.